The Kier molecular flexibility index (Phi) is 21.0. The zero-order valence-electron chi connectivity index (χ0n) is 41.5. The van der Waals surface area contributed by atoms with Gasteiger partial charge in [-0.1, -0.05) is 0 Å². The summed E-state index contributed by atoms with van der Waals surface area (Å²) in [5, 5.41) is 0. The van der Waals surface area contributed by atoms with Gasteiger partial charge in [-0.3, -0.25) is 29.9 Å². The zero-order valence-corrected chi connectivity index (χ0v) is 44.4. The van der Waals surface area contributed by atoms with Gasteiger partial charge in [0.2, 0.25) is 0 Å². The number of aromatic nitrogens is 12. The molecule has 12 nitrogen and oxygen atoms in total. The van der Waals surface area contributed by atoms with Crippen LogP contribution in [0.15, 0.2) is 166 Å². The van der Waals surface area contributed by atoms with Crippen molar-refractivity contribution in [3.05, 3.63) is 216 Å². The van der Waals surface area contributed by atoms with Gasteiger partial charge in [0.15, 0.2) is 0 Å². The second kappa shape index (κ2) is 25.9. The first kappa shape index (κ1) is 63.2. The Morgan fingerprint density at radius 1 is 0.282 bits per heavy atom. The van der Waals surface area contributed by atoms with Gasteiger partial charge in [0, 0.05) is 74.4 Å². The maximum Gasteiger partial charge on any atom is 2.00 e. The molecule has 0 atom stereocenters. The summed E-state index contributed by atoms with van der Waals surface area (Å²) in [5.41, 5.74) is 16.2. The Labute approximate surface area is 450 Å². The van der Waals surface area contributed by atoms with Crippen molar-refractivity contribution in [1.82, 2.24) is 59.8 Å². The van der Waals surface area contributed by atoms with Crippen molar-refractivity contribution in [2.24, 2.45) is 0 Å². The molecule has 0 unspecified atom stereocenters. The molecule has 0 aliphatic rings. The second-order valence-electron chi connectivity index (χ2n) is 17.0. The van der Waals surface area contributed by atoms with Crippen LogP contribution in [0.1, 0.15) is 50.1 Å². The molecule has 0 saturated carbocycles. The summed E-state index contributed by atoms with van der Waals surface area (Å²) < 4.78 is 118. The van der Waals surface area contributed by atoms with E-state index in [0.717, 1.165) is 89.4 Å². The van der Waals surface area contributed by atoms with Gasteiger partial charge < -0.3 is 0 Å². The third kappa shape index (κ3) is 29.3. The quantitative estimate of drug-likeness (QED) is 0.0649. The molecule has 0 fully saturated rings. The third-order valence-corrected chi connectivity index (χ3v) is 9.96. The summed E-state index contributed by atoms with van der Waals surface area (Å²) in [6.07, 6.45) is 32.4. The van der Waals surface area contributed by atoms with Crippen molar-refractivity contribution in [3.63, 3.8) is 0 Å². The molecular weight excluding hydrogens is 1130 g/mol. The van der Waals surface area contributed by atoms with Crippen molar-refractivity contribution < 1.29 is 67.4 Å². The first-order valence-electron chi connectivity index (χ1n) is 22.8. The Bertz CT molecular complexity index is 2950. The molecule has 0 spiro atoms. The van der Waals surface area contributed by atoms with Crippen LogP contribution in [0, 0.1) is 20.8 Å². The molecule has 0 aromatic carbocycles. The normalized spacial score (nSPS) is 12.7. The van der Waals surface area contributed by atoms with Gasteiger partial charge in [-0.2, -0.15) is 0 Å². The molecule has 0 aliphatic carbocycles. The van der Waals surface area contributed by atoms with Crippen LogP contribution in [0.2, 0.25) is 0 Å². The van der Waals surface area contributed by atoms with Crippen molar-refractivity contribution in [2.75, 3.05) is 0 Å². The summed E-state index contributed by atoms with van der Waals surface area (Å²) >= 11 is 0. The summed E-state index contributed by atoms with van der Waals surface area (Å²) in [7, 11) is -21.3. The van der Waals surface area contributed by atoms with Gasteiger partial charge in [-0.15, -0.1) is 0 Å². The van der Waals surface area contributed by atoms with Crippen LogP contribution in [0.3, 0.4) is 0 Å². The van der Waals surface area contributed by atoms with Crippen molar-refractivity contribution >= 4 is 15.6 Å². The summed E-state index contributed by atoms with van der Waals surface area (Å²) in [4.78, 5) is 50.6. The van der Waals surface area contributed by atoms with E-state index in [1.54, 1.807) is 19.0 Å². The Balaban J connectivity index is 0.000000223. The Hall–Kier alpha value is -7.32. The van der Waals surface area contributed by atoms with Crippen LogP contribution >= 0.6 is 15.6 Å². The minimum Gasteiger partial charge on any atom is 2.00 e. The molecule has 9 heterocycles. The monoisotopic (exact) mass is 1170 g/mol. The first-order chi connectivity index (χ1) is 35.8. The van der Waals surface area contributed by atoms with Crippen LogP contribution in [0.5, 0.6) is 0 Å². The fourth-order valence-corrected chi connectivity index (χ4v) is 6.58. The predicted molar refractivity (Wildman–Crippen MR) is 272 cm³/mol. The summed E-state index contributed by atoms with van der Waals surface area (Å²) in [5.74, 6) is 0. The fraction of sp³-hybridized carbons (Fsp3) is 0.176. The van der Waals surface area contributed by atoms with E-state index in [9.17, 15) is 50.4 Å². The molecule has 0 N–H and O–H groups in total. The standard InChI is InChI=1S/3C17H16N4.2F6P.Fe/c3*1-13-4-6-20-16(8-13)17-9-14(5-7-21-17)2-3-15-10-18-12-19-11-15;2*1-7(2,3,4,5)6;/h3*4-12H,2-3H2,1H3;;;/q;;;2*-1;+2. The van der Waals surface area contributed by atoms with Gasteiger partial charge in [-0.05, 0) is 182 Å². The van der Waals surface area contributed by atoms with Gasteiger partial charge in [0.25, 0.3) is 0 Å². The van der Waals surface area contributed by atoms with Crippen LogP contribution in [-0.2, 0) is 55.6 Å². The number of pyridine rings is 6. The molecule has 0 amide bonds. The van der Waals surface area contributed by atoms with Crippen LogP contribution in [-0.4, -0.2) is 59.8 Å². The van der Waals surface area contributed by atoms with Crippen molar-refractivity contribution in [2.45, 2.75) is 59.3 Å². The van der Waals surface area contributed by atoms with E-state index in [4.69, 9.17) is 0 Å². The molecule has 414 valence electrons. The second-order valence-corrected chi connectivity index (χ2v) is 20.8. The Morgan fingerprint density at radius 2 is 0.462 bits per heavy atom. The van der Waals surface area contributed by atoms with Crippen molar-refractivity contribution in [1.29, 1.82) is 0 Å². The van der Waals surface area contributed by atoms with Crippen LogP contribution < -0.4 is 0 Å². The molecule has 0 aliphatic heterocycles. The van der Waals surface area contributed by atoms with E-state index in [2.05, 4.69) is 117 Å². The molecule has 9 rings (SSSR count). The number of hydrogen-bond acceptors (Lipinski definition) is 12. The summed E-state index contributed by atoms with van der Waals surface area (Å²) in [6.45, 7) is 6.18. The maximum absolute atomic E-state index is 10.7. The molecule has 9 aromatic heterocycles. The number of hydrogen-bond donors (Lipinski definition) is 0. The topological polar surface area (TPSA) is 155 Å². The predicted octanol–water partition coefficient (Wildman–Crippen LogP) is 15.8. The number of rotatable bonds is 12. The number of halogens is 12. The fourth-order valence-electron chi connectivity index (χ4n) is 6.58. The van der Waals surface area contributed by atoms with E-state index < -0.39 is 15.6 Å². The molecule has 27 heteroatoms. The first-order valence-corrected chi connectivity index (χ1v) is 26.9. The SMILES string of the molecule is Cc1ccnc(-c2cc(CCc3cncnc3)ccn2)c1.Cc1ccnc(-c2cc(CCc3cncnc3)ccn2)c1.Cc1ccnc(-c2cc(CCc3cncnc3)ccn2)c1.F[P-](F)(F)(F)(F)F.F[P-](F)(F)(F)(F)F.[Fe+2]. The van der Waals surface area contributed by atoms with Gasteiger partial charge in [0.1, 0.15) is 19.0 Å². The average molecular weight is 1170 g/mol. The minimum atomic E-state index is -10.7. The molecule has 0 saturated heterocycles. The van der Waals surface area contributed by atoms with E-state index in [0.29, 0.717) is 0 Å². The minimum absolute atomic E-state index is 0. The molecular formula is C51H48F12FeN12P2. The van der Waals surface area contributed by atoms with E-state index >= 15 is 0 Å². The van der Waals surface area contributed by atoms with Crippen LogP contribution in [0.25, 0.3) is 34.2 Å². The number of aryl methyl sites for hydroxylation is 9. The molecule has 78 heavy (non-hydrogen) atoms. The van der Waals surface area contributed by atoms with E-state index in [-0.39, 0.29) is 17.1 Å². The molecule has 0 bridgehead atoms. The smallest absolute Gasteiger partial charge is 2.00 e. The van der Waals surface area contributed by atoms with Gasteiger partial charge in [-0.25, -0.2) is 29.9 Å². The number of nitrogens with zero attached hydrogens (tertiary/aromatic N) is 12. The molecule has 9 aromatic rings. The Morgan fingerprint density at radius 3 is 0.667 bits per heavy atom. The largest absolute Gasteiger partial charge is 2.00 e. The van der Waals surface area contributed by atoms with Gasteiger partial charge in [0.05, 0.1) is 34.2 Å². The average Bonchev–Trinajstić information content (AvgIpc) is 3.38. The summed E-state index contributed by atoms with van der Waals surface area (Å²) in [6, 6.07) is 24.6. The van der Waals surface area contributed by atoms with E-state index in [1.807, 2.05) is 111 Å². The van der Waals surface area contributed by atoms with Crippen LogP contribution in [0.4, 0.5) is 50.4 Å². The zero-order chi connectivity index (χ0) is 56.3. The third-order valence-electron chi connectivity index (χ3n) is 9.96. The maximum atomic E-state index is 9.87. The molecule has 0 radical (unpaired) electrons. The van der Waals surface area contributed by atoms with E-state index in [1.165, 1.54) is 33.4 Å². The van der Waals surface area contributed by atoms with Gasteiger partial charge >= 0.3 is 83.0 Å². The van der Waals surface area contributed by atoms with Crippen molar-refractivity contribution in [3.8, 4) is 34.2 Å².